The summed E-state index contributed by atoms with van der Waals surface area (Å²) in [6.45, 7) is 4.97. The molecule has 4 atom stereocenters. The molecule has 1 saturated carbocycles. The molecular formula is C42H36N2. The quantitative estimate of drug-likeness (QED) is 0.198. The van der Waals surface area contributed by atoms with Crippen LogP contribution in [0.4, 0.5) is 0 Å². The Balaban J connectivity index is 1.20. The van der Waals surface area contributed by atoms with E-state index >= 15 is 0 Å². The van der Waals surface area contributed by atoms with Crippen LogP contribution in [0, 0.1) is 17.3 Å². The highest BCUT2D eigenvalue weighted by atomic mass is 14.6. The lowest BCUT2D eigenvalue weighted by Gasteiger charge is -2.48. The molecule has 0 amide bonds. The van der Waals surface area contributed by atoms with Crippen LogP contribution in [0.5, 0.6) is 0 Å². The van der Waals surface area contributed by atoms with Gasteiger partial charge >= 0.3 is 0 Å². The largest absolute Gasteiger partial charge is 0.265 e. The maximum atomic E-state index is 4.62. The Bertz CT molecular complexity index is 2000. The van der Waals surface area contributed by atoms with Crippen LogP contribution in [0.3, 0.4) is 0 Å². The number of benzene rings is 4. The van der Waals surface area contributed by atoms with Crippen LogP contribution in [0.25, 0.3) is 49.4 Å². The van der Waals surface area contributed by atoms with Crippen LogP contribution in [0.1, 0.15) is 43.7 Å². The van der Waals surface area contributed by atoms with Gasteiger partial charge in [0.15, 0.2) is 0 Å². The van der Waals surface area contributed by atoms with Crippen molar-refractivity contribution in [3.05, 3.63) is 151 Å². The molecule has 1 fully saturated rings. The van der Waals surface area contributed by atoms with Crippen LogP contribution in [0.15, 0.2) is 140 Å². The first kappa shape index (κ1) is 26.8. The molecule has 4 aromatic carbocycles. The average molecular weight is 569 g/mol. The fourth-order valence-corrected chi connectivity index (χ4v) is 8.29. The summed E-state index contributed by atoms with van der Waals surface area (Å²) in [4.78, 5) is 8.80. The Morgan fingerprint density at radius 3 is 2.00 bits per heavy atom. The standard InChI is InChI=1S/C42H36N2/c1-28-34(41-37-14-8-6-12-35(37)40(30-10-4-3-5-11-30)36-13-7-9-15-38(36)41)18-21-42(2)25-31(16-17-39(28)42)33-24-32(26-44-27-33)29-19-22-43-23-20-29/h3-17,19-20,22-28,34,39H,18,21H2,1-2H3. The predicted octanol–water partition coefficient (Wildman–Crippen LogP) is 10.9. The second-order valence-electron chi connectivity index (χ2n) is 12.9. The highest BCUT2D eigenvalue weighted by Crippen LogP contribution is 2.56. The summed E-state index contributed by atoms with van der Waals surface area (Å²) >= 11 is 0. The van der Waals surface area contributed by atoms with Crippen LogP contribution in [-0.2, 0) is 0 Å². The van der Waals surface area contributed by atoms with Crippen molar-refractivity contribution in [1.82, 2.24) is 9.97 Å². The average Bonchev–Trinajstić information content (AvgIpc) is 3.08. The third-order valence-corrected chi connectivity index (χ3v) is 10.4. The van der Waals surface area contributed by atoms with E-state index in [-0.39, 0.29) is 5.41 Å². The molecule has 2 aliphatic carbocycles. The fraction of sp³-hybridized carbons (Fsp3) is 0.190. The van der Waals surface area contributed by atoms with Crippen molar-refractivity contribution in [1.29, 1.82) is 0 Å². The number of nitrogens with zero attached hydrogens (tertiary/aromatic N) is 2. The van der Waals surface area contributed by atoms with Crippen molar-refractivity contribution in [3.8, 4) is 22.3 Å². The number of hydrogen-bond acceptors (Lipinski definition) is 2. The maximum absolute atomic E-state index is 4.62. The van der Waals surface area contributed by atoms with E-state index in [9.17, 15) is 0 Å². The number of fused-ring (bicyclic) bond motifs is 3. The molecule has 0 saturated heterocycles. The molecule has 4 unspecified atom stereocenters. The third kappa shape index (κ3) is 4.40. The summed E-state index contributed by atoms with van der Waals surface area (Å²) in [5.41, 5.74) is 8.99. The van der Waals surface area contributed by atoms with Crippen molar-refractivity contribution in [3.63, 3.8) is 0 Å². The van der Waals surface area contributed by atoms with Crippen molar-refractivity contribution in [2.45, 2.75) is 32.6 Å². The number of rotatable bonds is 4. The van der Waals surface area contributed by atoms with Gasteiger partial charge in [0.2, 0.25) is 0 Å². The molecule has 2 aromatic heterocycles. The molecule has 0 bridgehead atoms. The van der Waals surface area contributed by atoms with Gasteiger partial charge in [0, 0.05) is 35.9 Å². The van der Waals surface area contributed by atoms with Gasteiger partial charge in [-0.15, -0.1) is 0 Å². The SMILES string of the molecule is CC1C(c2c3ccccc3c(-c3ccccc3)c3ccccc23)CCC2(C)C=C(c3cncc(-c4ccncc4)c3)C=CC12. The minimum absolute atomic E-state index is 0.0995. The second kappa shape index (κ2) is 10.7. The lowest BCUT2D eigenvalue weighted by Crippen LogP contribution is -2.38. The molecule has 0 radical (unpaired) electrons. The van der Waals surface area contributed by atoms with E-state index in [1.165, 1.54) is 55.8 Å². The van der Waals surface area contributed by atoms with E-state index < -0.39 is 0 Å². The Kier molecular flexibility index (Phi) is 6.52. The van der Waals surface area contributed by atoms with E-state index in [1.54, 1.807) is 0 Å². The molecule has 2 nitrogen and oxygen atoms in total. The van der Waals surface area contributed by atoms with Gasteiger partial charge in [0.05, 0.1) is 0 Å². The van der Waals surface area contributed by atoms with Crippen LogP contribution >= 0.6 is 0 Å². The van der Waals surface area contributed by atoms with E-state index in [2.05, 4.69) is 127 Å². The zero-order valence-corrected chi connectivity index (χ0v) is 25.3. The van der Waals surface area contributed by atoms with Gasteiger partial charge in [-0.25, -0.2) is 0 Å². The van der Waals surface area contributed by atoms with Crippen LogP contribution in [0.2, 0.25) is 0 Å². The number of allylic oxidation sites excluding steroid dienone is 4. The molecule has 0 spiro atoms. The van der Waals surface area contributed by atoms with Crippen molar-refractivity contribution < 1.29 is 0 Å². The van der Waals surface area contributed by atoms with Gasteiger partial charge in [-0.3, -0.25) is 9.97 Å². The zero-order chi connectivity index (χ0) is 29.7. The lowest BCUT2D eigenvalue weighted by atomic mass is 9.56. The lowest BCUT2D eigenvalue weighted by molar-refractivity contribution is 0.129. The molecule has 2 aliphatic rings. The summed E-state index contributed by atoms with van der Waals surface area (Å²) < 4.78 is 0. The number of aromatic nitrogens is 2. The van der Waals surface area contributed by atoms with Gasteiger partial charge in [-0.1, -0.05) is 111 Å². The molecular weight excluding hydrogens is 532 g/mol. The van der Waals surface area contributed by atoms with Crippen molar-refractivity contribution >= 4 is 27.1 Å². The van der Waals surface area contributed by atoms with Gasteiger partial charge in [-0.2, -0.15) is 0 Å². The van der Waals surface area contributed by atoms with Crippen LogP contribution < -0.4 is 0 Å². The smallest absolute Gasteiger partial charge is 0.0346 e. The van der Waals surface area contributed by atoms with Gasteiger partial charge in [-0.05, 0) is 104 Å². The highest BCUT2D eigenvalue weighted by Gasteiger charge is 2.44. The summed E-state index contributed by atoms with van der Waals surface area (Å²) in [5.74, 6) is 1.44. The molecule has 8 rings (SSSR count). The Hall–Kier alpha value is -4.82. The van der Waals surface area contributed by atoms with Crippen molar-refractivity contribution in [2.24, 2.45) is 17.3 Å². The fourth-order valence-electron chi connectivity index (χ4n) is 8.29. The van der Waals surface area contributed by atoms with E-state index in [0.717, 1.165) is 17.5 Å². The van der Waals surface area contributed by atoms with Gasteiger partial charge in [0.1, 0.15) is 0 Å². The summed E-state index contributed by atoms with van der Waals surface area (Å²) in [6, 6.07) is 35.5. The first-order valence-electron chi connectivity index (χ1n) is 15.9. The minimum Gasteiger partial charge on any atom is -0.265 e. The third-order valence-electron chi connectivity index (χ3n) is 10.4. The molecule has 2 heterocycles. The summed E-state index contributed by atoms with van der Waals surface area (Å²) in [5, 5.41) is 5.52. The maximum Gasteiger partial charge on any atom is 0.0346 e. The second-order valence-corrected chi connectivity index (χ2v) is 12.9. The molecule has 44 heavy (non-hydrogen) atoms. The summed E-state index contributed by atoms with van der Waals surface area (Å²) in [6.07, 6.45) is 17.4. The normalized spacial score (nSPS) is 23.0. The molecule has 0 aliphatic heterocycles. The Labute approximate surface area is 259 Å². The topological polar surface area (TPSA) is 25.8 Å². The predicted molar refractivity (Wildman–Crippen MR) is 184 cm³/mol. The number of pyridine rings is 2. The van der Waals surface area contributed by atoms with E-state index in [4.69, 9.17) is 0 Å². The summed E-state index contributed by atoms with van der Waals surface area (Å²) in [7, 11) is 0. The molecule has 214 valence electrons. The van der Waals surface area contributed by atoms with E-state index in [1.807, 2.05) is 36.9 Å². The van der Waals surface area contributed by atoms with Crippen LogP contribution in [-0.4, -0.2) is 9.97 Å². The molecule has 6 aromatic rings. The van der Waals surface area contributed by atoms with E-state index in [0.29, 0.717) is 17.8 Å². The van der Waals surface area contributed by atoms with Crippen molar-refractivity contribution in [2.75, 3.05) is 0 Å². The monoisotopic (exact) mass is 568 g/mol. The first-order valence-corrected chi connectivity index (χ1v) is 15.9. The highest BCUT2D eigenvalue weighted by molar-refractivity contribution is 6.15. The molecule has 0 N–H and O–H groups in total. The first-order chi connectivity index (χ1) is 21.6. The van der Waals surface area contributed by atoms with Gasteiger partial charge in [0.25, 0.3) is 0 Å². The Morgan fingerprint density at radius 2 is 1.30 bits per heavy atom. The van der Waals surface area contributed by atoms with Gasteiger partial charge < -0.3 is 0 Å². The number of hydrogen-bond donors (Lipinski definition) is 0. The zero-order valence-electron chi connectivity index (χ0n) is 25.3. The molecule has 2 heteroatoms. The Morgan fingerprint density at radius 1 is 0.659 bits per heavy atom. The minimum atomic E-state index is 0.0995.